The van der Waals surface area contributed by atoms with Crippen molar-refractivity contribution in [2.24, 2.45) is 5.73 Å². The van der Waals surface area contributed by atoms with Crippen LogP contribution >= 0.6 is 0 Å². The molecule has 4 N–H and O–H groups in total. The highest BCUT2D eigenvalue weighted by atomic mass is 16.2. The van der Waals surface area contributed by atoms with Crippen molar-refractivity contribution in [3.8, 4) is 0 Å². The van der Waals surface area contributed by atoms with Crippen LogP contribution in [0.2, 0.25) is 0 Å². The van der Waals surface area contributed by atoms with Crippen molar-refractivity contribution in [2.75, 3.05) is 13.1 Å². The van der Waals surface area contributed by atoms with Crippen molar-refractivity contribution in [3.63, 3.8) is 0 Å². The van der Waals surface area contributed by atoms with Crippen LogP contribution in [0.1, 0.15) is 19.3 Å². The van der Waals surface area contributed by atoms with Crippen LogP contribution in [0.5, 0.6) is 0 Å². The van der Waals surface area contributed by atoms with E-state index in [1.165, 1.54) is 0 Å². The predicted molar refractivity (Wildman–Crippen MR) is 47.8 cm³/mol. The third-order valence-corrected chi connectivity index (χ3v) is 2.06. The molecule has 0 aromatic rings. The number of carbonyl (C=O) groups is 2. The zero-order valence-electron chi connectivity index (χ0n) is 7.51. The topological polar surface area (TPSA) is 84.2 Å². The quantitative estimate of drug-likeness (QED) is 0.501. The standard InChI is InChI=1S/C8H15N3O2/c9-5-7(12)11-6-3-1-2-4-10-8(6)13/h6H,1-5,9H2,(H,10,13)(H,11,12). The molecule has 1 saturated heterocycles. The highest BCUT2D eigenvalue weighted by molar-refractivity contribution is 5.88. The Balaban J connectivity index is 2.45. The molecule has 1 aliphatic heterocycles. The van der Waals surface area contributed by atoms with Crippen LogP contribution in [0.15, 0.2) is 0 Å². The number of hydrogen-bond donors (Lipinski definition) is 3. The summed E-state index contributed by atoms with van der Waals surface area (Å²) in [5, 5.41) is 5.31. The second-order valence-corrected chi connectivity index (χ2v) is 3.11. The fraction of sp³-hybridized carbons (Fsp3) is 0.750. The van der Waals surface area contributed by atoms with Crippen molar-refractivity contribution in [3.05, 3.63) is 0 Å². The van der Waals surface area contributed by atoms with Crippen molar-refractivity contribution in [1.29, 1.82) is 0 Å². The Morgan fingerprint density at radius 3 is 3.08 bits per heavy atom. The maximum absolute atomic E-state index is 11.3. The average molecular weight is 185 g/mol. The van der Waals surface area contributed by atoms with E-state index >= 15 is 0 Å². The first-order valence-corrected chi connectivity index (χ1v) is 4.51. The van der Waals surface area contributed by atoms with Crippen LogP contribution in [0.4, 0.5) is 0 Å². The van der Waals surface area contributed by atoms with E-state index in [9.17, 15) is 9.59 Å². The third-order valence-electron chi connectivity index (χ3n) is 2.06. The summed E-state index contributed by atoms with van der Waals surface area (Å²) in [7, 11) is 0. The van der Waals surface area contributed by atoms with E-state index in [-0.39, 0.29) is 18.4 Å². The molecule has 74 valence electrons. The Kier molecular flexibility index (Phi) is 3.70. The van der Waals surface area contributed by atoms with Gasteiger partial charge in [0.25, 0.3) is 0 Å². The number of hydrogen-bond acceptors (Lipinski definition) is 3. The lowest BCUT2D eigenvalue weighted by Gasteiger charge is -2.13. The first kappa shape index (κ1) is 9.98. The lowest BCUT2D eigenvalue weighted by atomic mass is 10.1. The van der Waals surface area contributed by atoms with Crippen LogP contribution in [-0.2, 0) is 9.59 Å². The average Bonchev–Trinajstić information content (AvgIpc) is 2.32. The summed E-state index contributed by atoms with van der Waals surface area (Å²) in [6.45, 7) is 0.637. The Bertz CT molecular complexity index is 206. The van der Waals surface area contributed by atoms with Gasteiger partial charge in [-0.1, -0.05) is 0 Å². The molecule has 13 heavy (non-hydrogen) atoms. The molecule has 1 unspecified atom stereocenters. The fourth-order valence-electron chi connectivity index (χ4n) is 1.33. The van der Waals surface area contributed by atoms with E-state index in [1.54, 1.807) is 0 Å². The number of nitrogens with two attached hydrogens (primary N) is 1. The maximum Gasteiger partial charge on any atom is 0.242 e. The van der Waals surface area contributed by atoms with E-state index < -0.39 is 6.04 Å². The van der Waals surface area contributed by atoms with Gasteiger partial charge in [-0.15, -0.1) is 0 Å². The first-order chi connectivity index (χ1) is 6.24. The highest BCUT2D eigenvalue weighted by Gasteiger charge is 2.21. The summed E-state index contributed by atoms with van der Waals surface area (Å²) >= 11 is 0. The van der Waals surface area contributed by atoms with Gasteiger partial charge in [0.2, 0.25) is 11.8 Å². The Hall–Kier alpha value is -1.10. The summed E-state index contributed by atoms with van der Waals surface area (Å²) in [6.07, 6.45) is 2.63. The molecule has 0 aromatic carbocycles. The molecule has 0 bridgehead atoms. The second-order valence-electron chi connectivity index (χ2n) is 3.11. The number of amides is 2. The summed E-state index contributed by atoms with van der Waals surface area (Å²) in [5.74, 6) is -0.374. The number of rotatable bonds is 2. The van der Waals surface area contributed by atoms with E-state index in [0.717, 1.165) is 12.8 Å². The first-order valence-electron chi connectivity index (χ1n) is 4.51. The summed E-state index contributed by atoms with van der Waals surface area (Å²) in [4.78, 5) is 22.2. The Morgan fingerprint density at radius 1 is 1.62 bits per heavy atom. The molecule has 1 rings (SSSR count). The van der Waals surface area contributed by atoms with Gasteiger partial charge in [-0.25, -0.2) is 0 Å². The summed E-state index contributed by atoms with van der Waals surface area (Å²) in [6, 6.07) is -0.390. The minimum Gasteiger partial charge on any atom is -0.354 e. The van der Waals surface area contributed by atoms with Gasteiger partial charge in [-0.3, -0.25) is 9.59 Å². The predicted octanol–water partition coefficient (Wildman–Crippen LogP) is -1.27. The van der Waals surface area contributed by atoms with Crippen LogP contribution in [0.3, 0.4) is 0 Å². The van der Waals surface area contributed by atoms with E-state index in [0.29, 0.717) is 13.0 Å². The van der Waals surface area contributed by atoms with Crippen molar-refractivity contribution in [2.45, 2.75) is 25.3 Å². The highest BCUT2D eigenvalue weighted by Crippen LogP contribution is 2.04. The molecule has 1 aliphatic rings. The molecule has 0 saturated carbocycles. The normalized spacial score (nSPS) is 23.2. The van der Waals surface area contributed by atoms with Gasteiger partial charge in [-0.2, -0.15) is 0 Å². The number of nitrogens with one attached hydrogen (secondary N) is 2. The van der Waals surface area contributed by atoms with Gasteiger partial charge in [0, 0.05) is 6.54 Å². The maximum atomic E-state index is 11.3. The van der Waals surface area contributed by atoms with Gasteiger partial charge in [0.05, 0.1) is 6.54 Å². The molecule has 1 heterocycles. The smallest absolute Gasteiger partial charge is 0.242 e. The Morgan fingerprint density at radius 2 is 2.38 bits per heavy atom. The third kappa shape index (κ3) is 3.02. The molecule has 0 aliphatic carbocycles. The molecule has 5 nitrogen and oxygen atoms in total. The molecule has 2 amide bonds. The molecule has 1 fully saturated rings. The minimum absolute atomic E-state index is 0.0657. The summed E-state index contributed by atoms with van der Waals surface area (Å²) in [5.41, 5.74) is 5.13. The molecule has 0 aromatic heterocycles. The molecular weight excluding hydrogens is 170 g/mol. The molecule has 5 heteroatoms. The van der Waals surface area contributed by atoms with Crippen molar-refractivity contribution < 1.29 is 9.59 Å². The van der Waals surface area contributed by atoms with Gasteiger partial charge in [-0.05, 0) is 19.3 Å². The van der Waals surface area contributed by atoms with E-state index in [2.05, 4.69) is 10.6 Å². The van der Waals surface area contributed by atoms with E-state index in [1.807, 2.05) is 0 Å². The Labute approximate surface area is 77.1 Å². The SMILES string of the molecule is NCC(=O)NC1CCCCNC1=O. The molecule has 1 atom stereocenters. The van der Waals surface area contributed by atoms with Crippen molar-refractivity contribution in [1.82, 2.24) is 10.6 Å². The van der Waals surface area contributed by atoms with Gasteiger partial charge in [0.1, 0.15) is 6.04 Å². The van der Waals surface area contributed by atoms with E-state index in [4.69, 9.17) is 5.73 Å². The minimum atomic E-state index is -0.390. The van der Waals surface area contributed by atoms with Crippen LogP contribution < -0.4 is 16.4 Å². The zero-order chi connectivity index (χ0) is 9.68. The van der Waals surface area contributed by atoms with Gasteiger partial charge < -0.3 is 16.4 Å². The lowest BCUT2D eigenvalue weighted by molar-refractivity contribution is -0.128. The fourth-order valence-corrected chi connectivity index (χ4v) is 1.33. The zero-order valence-corrected chi connectivity index (χ0v) is 7.51. The molecule has 0 spiro atoms. The van der Waals surface area contributed by atoms with Crippen molar-refractivity contribution >= 4 is 11.8 Å². The van der Waals surface area contributed by atoms with Gasteiger partial charge in [0.15, 0.2) is 0 Å². The van der Waals surface area contributed by atoms with Crippen LogP contribution in [0, 0.1) is 0 Å². The largest absolute Gasteiger partial charge is 0.354 e. The summed E-state index contributed by atoms with van der Waals surface area (Å²) < 4.78 is 0. The second kappa shape index (κ2) is 4.81. The monoisotopic (exact) mass is 185 g/mol. The molecular formula is C8H15N3O2. The lowest BCUT2D eigenvalue weighted by Crippen LogP contribution is -2.47. The molecule has 0 radical (unpaired) electrons. The van der Waals surface area contributed by atoms with Gasteiger partial charge >= 0.3 is 0 Å². The number of carbonyl (C=O) groups excluding carboxylic acids is 2. The van der Waals surface area contributed by atoms with Crippen LogP contribution in [-0.4, -0.2) is 30.9 Å². The van der Waals surface area contributed by atoms with Crippen LogP contribution in [0.25, 0.3) is 0 Å².